The minimum absolute atomic E-state index is 0.0632. The van der Waals surface area contributed by atoms with E-state index in [0.29, 0.717) is 37.5 Å². The zero-order chi connectivity index (χ0) is 21.2. The van der Waals surface area contributed by atoms with Crippen molar-refractivity contribution in [3.05, 3.63) is 53.3 Å². The lowest BCUT2D eigenvalue weighted by atomic mass is 10.1. The Hall–Kier alpha value is -2.49. The summed E-state index contributed by atoms with van der Waals surface area (Å²) in [4.78, 5) is 14.7. The van der Waals surface area contributed by atoms with E-state index in [0.717, 1.165) is 6.07 Å². The van der Waals surface area contributed by atoms with Gasteiger partial charge in [0.15, 0.2) is 0 Å². The van der Waals surface area contributed by atoms with E-state index >= 15 is 0 Å². The Morgan fingerprint density at radius 3 is 2.41 bits per heavy atom. The summed E-state index contributed by atoms with van der Waals surface area (Å²) in [7, 11) is -0.341. The quantitative estimate of drug-likeness (QED) is 0.802. The summed E-state index contributed by atoms with van der Waals surface area (Å²) in [5, 5.41) is 2.63. The van der Waals surface area contributed by atoms with Crippen molar-refractivity contribution in [3.8, 4) is 5.75 Å². The van der Waals surface area contributed by atoms with Crippen LogP contribution in [0.1, 0.15) is 15.9 Å². The molecule has 29 heavy (non-hydrogen) atoms. The fourth-order valence-corrected chi connectivity index (χ4v) is 4.50. The molecule has 7 nitrogen and oxygen atoms in total. The summed E-state index contributed by atoms with van der Waals surface area (Å²) >= 11 is 0. The molecule has 0 bridgehead atoms. The number of aryl methyl sites for hydroxylation is 1. The third-order valence-corrected chi connectivity index (χ3v) is 6.85. The predicted octanol–water partition coefficient (Wildman–Crippen LogP) is 2.33. The van der Waals surface area contributed by atoms with E-state index in [-0.39, 0.29) is 16.1 Å². The number of hydrogen-bond acceptors (Lipinski definition) is 5. The Balaban J connectivity index is 1.88. The highest BCUT2D eigenvalue weighted by atomic mass is 32.2. The number of sulfonamides is 1. The lowest BCUT2D eigenvalue weighted by Gasteiger charge is -2.31. The van der Waals surface area contributed by atoms with Gasteiger partial charge < -0.3 is 15.0 Å². The molecule has 156 valence electrons. The second-order valence-corrected chi connectivity index (χ2v) is 8.93. The van der Waals surface area contributed by atoms with Gasteiger partial charge in [0.25, 0.3) is 5.91 Å². The first kappa shape index (κ1) is 21.2. The van der Waals surface area contributed by atoms with Crippen LogP contribution in [-0.2, 0) is 10.0 Å². The largest absolute Gasteiger partial charge is 0.495 e. The van der Waals surface area contributed by atoms with Crippen molar-refractivity contribution in [2.45, 2.75) is 11.8 Å². The lowest BCUT2D eigenvalue weighted by molar-refractivity contribution is 0.102. The van der Waals surface area contributed by atoms with E-state index in [1.165, 1.54) is 41.7 Å². The number of anilines is 1. The summed E-state index contributed by atoms with van der Waals surface area (Å²) in [5.74, 6) is -0.740. The smallest absolute Gasteiger partial charge is 0.255 e. The Morgan fingerprint density at radius 2 is 1.79 bits per heavy atom. The van der Waals surface area contributed by atoms with Gasteiger partial charge in [0.05, 0.1) is 17.7 Å². The van der Waals surface area contributed by atoms with Crippen LogP contribution in [0.5, 0.6) is 5.75 Å². The van der Waals surface area contributed by atoms with Gasteiger partial charge in [-0.05, 0) is 49.9 Å². The van der Waals surface area contributed by atoms with Crippen molar-refractivity contribution >= 4 is 21.6 Å². The van der Waals surface area contributed by atoms with Crippen LogP contribution in [-0.4, -0.2) is 63.9 Å². The molecule has 0 saturated carbocycles. The predicted molar refractivity (Wildman–Crippen MR) is 108 cm³/mol. The lowest BCUT2D eigenvalue weighted by Crippen LogP contribution is -2.47. The molecule has 0 spiro atoms. The first-order valence-corrected chi connectivity index (χ1v) is 10.6. The minimum Gasteiger partial charge on any atom is -0.495 e. The van der Waals surface area contributed by atoms with Crippen molar-refractivity contribution in [3.63, 3.8) is 0 Å². The topological polar surface area (TPSA) is 79.0 Å². The Morgan fingerprint density at radius 1 is 1.10 bits per heavy atom. The van der Waals surface area contributed by atoms with Gasteiger partial charge in [0.2, 0.25) is 10.0 Å². The van der Waals surface area contributed by atoms with Gasteiger partial charge in [-0.3, -0.25) is 4.79 Å². The average Bonchev–Trinajstić information content (AvgIpc) is 2.70. The van der Waals surface area contributed by atoms with E-state index in [2.05, 4.69) is 10.2 Å². The monoisotopic (exact) mass is 421 g/mol. The number of amides is 1. The number of likely N-dealkylation sites (N-methyl/N-ethyl adjacent to an activating group) is 1. The maximum Gasteiger partial charge on any atom is 0.255 e. The van der Waals surface area contributed by atoms with Crippen LogP contribution >= 0.6 is 0 Å². The molecule has 1 heterocycles. The normalized spacial score (nSPS) is 15.9. The molecule has 1 aliphatic heterocycles. The molecule has 3 rings (SSSR count). The van der Waals surface area contributed by atoms with E-state index < -0.39 is 21.7 Å². The SMILES string of the molecule is COc1ccc(S(=O)(=O)N2CCN(C)CC2)cc1NC(=O)c1ccc(C)c(F)c1. The molecular formula is C20H24FN3O4S. The molecule has 2 aromatic rings. The molecule has 2 aromatic carbocycles. The number of nitrogens with one attached hydrogen (secondary N) is 1. The highest BCUT2D eigenvalue weighted by Crippen LogP contribution is 2.30. The number of piperazine rings is 1. The molecular weight excluding hydrogens is 397 g/mol. The van der Waals surface area contributed by atoms with Crippen molar-refractivity contribution in [2.75, 3.05) is 45.7 Å². The fraction of sp³-hybridized carbons (Fsp3) is 0.350. The molecule has 1 saturated heterocycles. The molecule has 0 radical (unpaired) electrons. The van der Waals surface area contributed by atoms with Gasteiger partial charge in [0, 0.05) is 31.7 Å². The third-order valence-electron chi connectivity index (χ3n) is 4.95. The molecule has 0 aliphatic carbocycles. The molecule has 1 aliphatic rings. The van der Waals surface area contributed by atoms with Gasteiger partial charge >= 0.3 is 0 Å². The van der Waals surface area contributed by atoms with E-state index in [4.69, 9.17) is 4.74 Å². The molecule has 0 atom stereocenters. The van der Waals surface area contributed by atoms with Crippen LogP contribution in [0.2, 0.25) is 0 Å². The summed E-state index contributed by atoms with van der Waals surface area (Å²) in [6, 6.07) is 8.47. The molecule has 0 aromatic heterocycles. The number of benzene rings is 2. The van der Waals surface area contributed by atoms with E-state index in [1.54, 1.807) is 6.92 Å². The number of rotatable bonds is 5. The van der Waals surface area contributed by atoms with Gasteiger partial charge in [-0.25, -0.2) is 12.8 Å². The Bertz CT molecular complexity index is 1020. The van der Waals surface area contributed by atoms with Crippen LogP contribution in [0.3, 0.4) is 0 Å². The first-order valence-electron chi connectivity index (χ1n) is 9.16. The second-order valence-electron chi connectivity index (χ2n) is 6.99. The number of ether oxygens (including phenoxy) is 1. The Labute approximate surface area is 170 Å². The van der Waals surface area contributed by atoms with Crippen LogP contribution in [0.25, 0.3) is 0 Å². The first-order chi connectivity index (χ1) is 13.7. The highest BCUT2D eigenvalue weighted by Gasteiger charge is 2.28. The minimum atomic E-state index is -3.71. The van der Waals surface area contributed by atoms with Crippen molar-refractivity contribution < 1.29 is 22.3 Å². The zero-order valence-corrected chi connectivity index (χ0v) is 17.4. The van der Waals surface area contributed by atoms with Crippen LogP contribution < -0.4 is 10.1 Å². The summed E-state index contributed by atoms with van der Waals surface area (Å²) in [6.07, 6.45) is 0. The molecule has 1 fully saturated rings. The van der Waals surface area contributed by atoms with Gasteiger partial charge in [0.1, 0.15) is 11.6 Å². The summed E-state index contributed by atoms with van der Waals surface area (Å²) in [5.41, 5.74) is 0.760. The molecule has 1 N–H and O–H groups in total. The van der Waals surface area contributed by atoms with Crippen molar-refractivity contribution in [1.82, 2.24) is 9.21 Å². The number of carbonyl (C=O) groups is 1. The average molecular weight is 421 g/mol. The maximum atomic E-state index is 13.8. The van der Waals surface area contributed by atoms with Crippen LogP contribution in [0.4, 0.5) is 10.1 Å². The standard InChI is InChI=1S/C20H24FN3O4S/c1-14-4-5-15(12-17(14)21)20(25)22-18-13-16(6-7-19(18)28-3)29(26,27)24-10-8-23(2)9-11-24/h4-7,12-13H,8-11H2,1-3H3,(H,22,25). The van der Waals surface area contributed by atoms with E-state index in [9.17, 15) is 17.6 Å². The number of methoxy groups -OCH3 is 1. The maximum absolute atomic E-state index is 13.8. The number of hydrogen-bond donors (Lipinski definition) is 1. The fourth-order valence-electron chi connectivity index (χ4n) is 3.05. The molecule has 9 heteroatoms. The zero-order valence-electron chi connectivity index (χ0n) is 16.6. The highest BCUT2D eigenvalue weighted by molar-refractivity contribution is 7.89. The molecule has 1 amide bonds. The van der Waals surface area contributed by atoms with Crippen molar-refractivity contribution in [1.29, 1.82) is 0 Å². The summed E-state index contributed by atoms with van der Waals surface area (Å²) < 4.78 is 46.4. The third kappa shape index (κ3) is 4.58. The number of carbonyl (C=O) groups excluding carboxylic acids is 1. The number of nitrogens with zero attached hydrogens (tertiary/aromatic N) is 2. The molecule has 0 unspecified atom stereocenters. The number of halogens is 1. The van der Waals surface area contributed by atoms with Gasteiger partial charge in [-0.2, -0.15) is 4.31 Å². The second kappa shape index (κ2) is 8.48. The van der Waals surface area contributed by atoms with Gasteiger partial charge in [-0.15, -0.1) is 0 Å². The Kier molecular flexibility index (Phi) is 6.21. The van der Waals surface area contributed by atoms with Crippen molar-refractivity contribution in [2.24, 2.45) is 0 Å². The van der Waals surface area contributed by atoms with Gasteiger partial charge in [-0.1, -0.05) is 6.07 Å². The summed E-state index contributed by atoms with van der Waals surface area (Å²) in [6.45, 7) is 3.70. The van der Waals surface area contributed by atoms with Crippen LogP contribution in [0, 0.1) is 12.7 Å². The van der Waals surface area contributed by atoms with E-state index in [1.807, 2.05) is 7.05 Å². The van der Waals surface area contributed by atoms with Crippen LogP contribution in [0.15, 0.2) is 41.3 Å².